The molecular weight excluding hydrogens is 478 g/mol. The average molecular weight is 514 g/mol. The molecule has 0 unspecified atom stereocenters. The van der Waals surface area contributed by atoms with Gasteiger partial charge in [0.05, 0.1) is 4.88 Å². The van der Waals surface area contributed by atoms with Crippen molar-refractivity contribution in [3.8, 4) is 0 Å². The molecular formula is C27H35N3O5S. The molecule has 0 fully saturated rings. The van der Waals surface area contributed by atoms with Crippen molar-refractivity contribution in [1.82, 2.24) is 10.2 Å². The van der Waals surface area contributed by atoms with Gasteiger partial charge in [-0.25, -0.2) is 9.59 Å². The molecule has 194 valence electrons. The monoisotopic (exact) mass is 513 g/mol. The van der Waals surface area contributed by atoms with Crippen LogP contribution >= 0.6 is 11.3 Å². The van der Waals surface area contributed by atoms with Crippen LogP contribution in [-0.4, -0.2) is 47.3 Å². The van der Waals surface area contributed by atoms with E-state index in [9.17, 15) is 14.4 Å². The van der Waals surface area contributed by atoms with Crippen molar-refractivity contribution in [3.63, 3.8) is 0 Å². The molecule has 1 aliphatic heterocycles. The number of benzene rings is 1. The summed E-state index contributed by atoms with van der Waals surface area (Å²) >= 11 is 1.38. The number of alkyl carbamates (subject to hydrolysis) is 1. The van der Waals surface area contributed by atoms with Gasteiger partial charge in [-0.15, -0.1) is 11.3 Å². The Morgan fingerprint density at radius 1 is 1.00 bits per heavy atom. The van der Waals surface area contributed by atoms with Crippen LogP contribution in [0.5, 0.6) is 0 Å². The van der Waals surface area contributed by atoms with Gasteiger partial charge in [0.2, 0.25) is 0 Å². The third-order valence-electron chi connectivity index (χ3n) is 5.10. The van der Waals surface area contributed by atoms with Crippen LogP contribution in [0.15, 0.2) is 41.8 Å². The molecule has 2 heterocycles. The lowest BCUT2D eigenvalue weighted by Gasteiger charge is -2.29. The zero-order valence-corrected chi connectivity index (χ0v) is 22.6. The zero-order valence-electron chi connectivity index (χ0n) is 21.8. The van der Waals surface area contributed by atoms with Crippen LogP contribution in [0.25, 0.3) is 5.57 Å². The second-order valence-corrected chi connectivity index (χ2v) is 11.5. The maximum atomic E-state index is 12.8. The normalized spacial score (nSPS) is 14.1. The Labute approximate surface area is 216 Å². The number of amides is 3. The van der Waals surface area contributed by atoms with Crippen molar-refractivity contribution >= 4 is 40.7 Å². The third kappa shape index (κ3) is 8.41. The Kier molecular flexibility index (Phi) is 8.45. The number of ether oxygens (including phenoxy) is 2. The number of carbonyl (C=O) groups is 3. The molecule has 2 aromatic rings. The summed E-state index contributed by atoms with van der Waals surface area (Å²) in [5.41, 5.74) is 2.61. The summed E-state index contributed by atoms with van der Waals surface area (Å²) in [6.45, 7) is 12.4. The van der Waals surface area contributed by atoms with Crippen LogP contribution in [0.4, 0.5) is 15.3 Å². The van der Waals surface area contributed by atoms with Crippen molar-refractivity contribution in [2.45, 2.75) is 65.7 Å². The standard InChI is InChI=1S/C27H35N3O5S/c1-26(2,3)34-24(32)28-16-18-7-9-21(10-8-18)29-23(31)22-15-20(17-36-22)19-11-13-30(14-12-19)25(33)35-27(4,5)6/h7-11,15,17H,12-14,16H2,1-6H3,(H,28,32)(H,29,31). The molecule has 3 rings (SSSR count). The van der Waals surface area contributed by atoms with Crippen LogP contribution in [0.1, 0.15) is 68.8 Å². The van der Waals surface area contributed by atoms with E-state index < -0.39 is 17.3 Å². The molecule has 0 spiro atoms. The fraction of sp³-hybridized carbons (Fsp3) is 0.444. The molecule has 0 saturated carbocycles. The van der Waals surface area contributed by atoms with Crippen LogP contribution < -0.4 is 10.6 Å². The fourth-order valence-corrected chi connectivity index (χ4v) is 4.26. The number of nitrogens with zero attached hydrogens (tertiary/aromatic N) is 1. The second-order valence-electron chi connectivity index (χ2n) is 10.6. The summed E-state index contributed by atoms with van der Waals surface area (Å²) in [6, 6.07) is 9.17. The van der Waals surface area contributed by atoms with E-state index in [2.05, 4.69) is 10.6 Å². The lowest BCUT2D eigenvalue weighted by Crippen LogP contribution is -2.39. The van der Waals surface area contributed by atoms with Gasteiger partial charge in [0.25, 0.3) is 5.91 Å². The van der Waals surface area contributed by atoms with E-state index in [0.717, 1.165) is 16.7 Å². The molecule has 1 aromatic heterocycles. The molecule has 3 amide bonds. The molecule has 1 aliphatic rings. The molecule has 1 aromatic carbocycles. The summed E-state index contributed by atoms with van der Waals surface area (Å²) in [6.07, 6.45) is 1.94. The van der Waals surface area contributed by atoms with E-state index in [1.165, 1.54) is 11.3 Å². The Balaban J connectivity index is 1.52. The minimum Gasteiger partial charge on any atom is -0.444 e. The van der Waals surface area contributed by atoms with Gasteiger partial charge < -0.3 is 25.0 Å². The maximum absolute atomic E-state index is 12.8. The van der Waals surface area contributed by atoms with Gasteiger partial charge in [-0.2, -0.15) is 0 Å². The number of carbonyl (C=O) groups excluding carboxylic acids is 3. The predicted molar refractivity (Wildman–Crippen MR) is 142 cm³/mol. The summed E-state index contributed by atoms with van der Waals surface area (Å²) in [7, 11) is 0. The summed E-state index contributed by atoms with van der Waals surface area (Å²) in [4.78, 5) is 39.1. The summed E-state index contributed by atoms with van der Waals surface area (Å²) in [5.74, 6) is -0.183. The third-order valence-corrected chi connectivity index (χ3v) is 6.03. The van der Waals surface area contributed by atoms with Crippen LogP contribution in [0, 0.1) is 0 Å². The van der Waals surface area contributed by atoms with Gasteiger partial charge in [0.1, 0.15) is 11.2 Å². The Morgan fingerprint density at radius 2 is 1.67 bits per heavy atom. The SMILES string of the molecule is CC(C)(C)OC(=O)NCc1ccc(NC(=O)c2cc(C3=CCN(C(=O)OC(C)(C)C)CC3)cs2)cc1. The van der Waals surface area contributed by atoms with E-state index in [4.69, 9.17) is 9.47 Å². The van der Waals surface area contributed by atoms with Gasteiger partial charge in [-0.05, 0) is 88.2 Å². The van der Waals surface area contributed by atoms with Crippen molar-refractivity contribution in [2.75, 3.05) is 18.4 Å². The number of nitrogens with one attached hydrogen (secondary N) is 2. The topological polar surface area (TPSA) is 97.0 Å². The van der Waals surface area contributed by atoms with Gasteiger partial charge in [-0.1, -0.05) is 18.2 Å². The minimum atomic E-state index is -0.548. The Bertz CT molecular complexity index is 1120. The van der Waals surface area contributed by atoms with E-state index in [0.29, 0.717) is 36.6 Å². The van der Waals surface area contributed by atoms with Crippen LogP contribution in [-0.2, 0) is 16.0 Å². The van der Waals surface area contributed by atoms with Crippen LogP contribution in [0.2, 0.25) is 0 Å². The van der Waals surface area contributed by atoms with Crippen molar-refractivity contribution in [2.24, 2.45) is 0 Å². The molecule has 0 bridgehead atoms. The van der Waals surface area contributed by atoms with Crippen molar-refractivity contribution in [1.29, 1.82) is 0 Å². The summed E-state index contributed by atoms with van der Waals surface area (Å²) in [5, 5.41) is 7.59. The van der Waals surface area contributed by atoms with E-state index in [1.54, 1.807) is 17.0 Å². The first-order valence-corrected chi connectivity index (χ1v) is 12.8. The molecule has 2 N–H and O–H groups in total. The van der Waals surface area contributed by atoms with Gasteiger partial charge >= 0.3 is 12.2 Å². The first kappa shape index (κ1) is 27.3. The van der Waals surface area contributed by atoms with Gasteiger partial charge in [0, 0.05) is 25.3 Å². The largest absolute Gasteiger partial charge is 0.444 e. The Hall–Kier alpha value is -3.33. The number of hydrogen-bond donors (Lipinski definition) is 2. The predicted octanol–water partition coefficient (Wildman–Crippen LogP) is 6.05. The smallest absolute Gasteiger partial charge is 0.410 e. The number of rotatable bonds is 5. The molecule has 9 heteroatoms. The molecule has 0 aliphatic carbocycles. The van der Waals surface area contributed by atoms with E-state index >= 15 is 0 Å². The van der Waals surface area contributed by atoms with E-state index in [-0.39, 0.29) is 12.0 Å². The van der Waals surface area contributed by atoms with E-state index in [1.807, 2.05) is 71.2 Å². The fourth-order valence-electron chi connectivity index (χ4n) is 3.43. The first-order valence-electron chi connectivity index (χ1n) is 11.9. The highest BCUT2D eigenvalue weighted by Gasteiger charge is 2.24. The zero-order chi connectivity index (χ0) is 26.5. The van der Waals surface area contributed by atoms with Gasteiger partial charge in [0.15, 0.2) is 0 Å². The summed E-state index contributed by atoms with van der Waals surface area (Å²) < 4.78 is 10.7. The highest BCUT2D eigenvalue weighted by atomic mass is 32.1. The Morgan fingerprint density at radius 3 is 2.25 bits per heavy atom. The highest BCUT2D eigenvalue weighted by molar-refractivity contribution is 7.12. The van der Waals surface area contributed by atoms with Gasteiger partial charge in [-0.3, -0.25) is 4.79 Å². The van der Waals surface area contributed by atoms with Crippen LogP contribution in [0.3, 0.4) is 0 Å². The maximum Gasteiger partial charge on any atom is 0.410 e. The average Bonchev–Trinajstić information content (AvgIpc) is 3.27. The second kappa shape index (κ2) is 11.2. The molecule has 0 radical (unpaired) electrons. The quantitative estimate of drug-likeness (QED) is 0.507. The highest BCUT2D eigenvalue weighted by Crippen LogP contribution is 2.28. The van der Waals surface area contributed by atoms with Crippen molar-refractivity contribution < 1.29 is 23.9 Å². The lowest BCUT2D eigenvalue weighted by molar-refractivity contribution is 0.0270. The lowest BCUT2D eigenvalue weighted by atomic mass is 10.0. The first-order chi connectivity index (χ1) is 16.8. The molecule has 0 atom stereocenters. The number of thiophene rings is 1. The number of hydrogen-bond acceptors (Lipinski definition) is 6. The van der Waals surface area contributed by atoms with Crippen molar-refractivity contribution in [3.05, 3.63) is 57.8 Å². The minimum absolute atomic E-state index is 0.183. The number of anilines is 1. The molecule has 36 heavy (non-hydrogen) atoms. The molecule has 0 saturated heterocycles. The molecule has 8 nitrogen and oxygen atoms in total.